The van der Waals surface area contributed by atoms with Gasteiger partial charge in [-0.15, -0.1) is 0 Å². The molecule has 14 nitrogen and oxygen atoms in total. The van der Waals surface area contributed by atoms with Gasteiger partial charge in [0, 0.05) is 62.5 Å². The van der Waals surface area contributed by atoms with E-state index in [4.69, 9.17) is 47.9 Å². The molecule has 6 heterocycles. The van der Waals surface area contributed by atoms with E-state index in [2.05, 4.69) is 35.6 Å². The first-order chi connectivity index (χ1) is 31.8. The van der Waals surface area contributed by atoms with E-state index in [1.54, 1.807) is 74.3 Å². The van der Waals surface area contributed by atoms with Crippen LogP contribution in [0.15, 0.2) is 152 Å². The molecule has 0 saturated heterocycles. The highest BCUT2D eigenvalue weighted by molar-refractivity contribution is 6.35. The lowest BCUT2D eigenvalue weighted by Gasteiger charge is -2.10. The molecule has 10 aromatic rings. The molecule has 0 amide bonds. The van der Waals surface area contributed by atoms with Gasteiger partial charge in [0.05, 0.1) is 50.7 Å². The molecule has 0 saturated carbocycles. The summed E-state index contributed by atoms with van der Waals surface area (Å²) in [5.74, 6) is 2.71. The normalized spacial score (nSPS) is 11.0. The number of aromatic nitrogens is 10. The maximum atomic E-state index is 14.3. The lowest BCUT2D eigenvalue weighted by Crippen LogP contribution is -2.04. The van der Waals surface area contributed by atoms with Gasteiger partial charge in [-0.05, 0) is 60.2 Å². The van der Waals surface area contributed by atoms with Gasteiger partial charge in [-0.3, -0.25) is 19.3 Å². The number of hydrogen-bond acceptors (Lipinski definition) is 12. The summed E-state index contributed by atoms with van der Waals surface area (Å²) < 4.78 is 28.8. The summed E-state index contributed by atoms with van der Waals surface area (Å²) in [5, 5.41) is 19.1. The van der Waals surface area contributed by atoms with Crippen molar-refractivity contribution >= 4 is 68.0 Å². The first kappa shape index (κ1) is 42.3. The van der Waals surface area contributed by atoms with Crippen molar-refractivity contribution in [2.75, 3.05) is 24.9 Å². The first-order valence-corrected chi connectivity index (χ1v) is 20.9. The molecule has 6 aromatic heterocycles. The van der Waals surface area contributed by atoms with E-state index >= 15 is 0 Å². The van der Waals surface area contributed by atoms with Gasteiger partial charge in [0.2, 0.25) is 0 Å². The van der Waals surface area contributed by atoms with Crippen LogP contribution in [-0.2, 0) is 13.1 Å². The van der Waals surface area contributed by atoms with E-state index in [9.17, 15) is 4.39 Å². The van der Waals surface area contributed by atoms with Gasteiger partial charge in [-0.1, -0.05) is 83.9 Å². The average molecular weight is 904 g/mol. The van der Waals surface area contributed by atoms with Crippen molar-refractivity contribution in [1.82, 2.24) is 49.5 Å². The van der Waals surface area contributed by atoms with Crippen LogP contribution >= 0.6 is 23.2 Å². The zero-order chi connectivity index (χ0) is 44.7. The Morgan fingerprint density at radius 1 is 0.569 bits per heavy atom. The summed E-state index contributed by atoms with van der Waals surface area (Å²) in [6.45, 7) is 0.778. The van der Waals surface area contributed by atoms with Crippen molar-refractivity contribution in [3.63, 3.8) is 0 Å². The van der Waals surface area contributed by atoms with Crippen LogP contribution in [0.5, 0.6) is 11.5 Å². The molecule has 0 spiro atoms. The monoisotopic (exact) mass is 902 g/mol. The van der Waals surface area contributed by atoms with Gasteiger partial charge in [0.25, 0.3) is 0 Å². The topological polar surface area (TPSA) is 156 Å². The average Bonchev–Trinajstić information content (AvgIpc) is 3.90. The molecule has 10 rings (SSSR count). The van der Waals surface area contributed by atoms with Crippen molar-refractivity contribution in [3.8, 4) is 34.5 Å². The maximum absolute atomic E-state index is 14.3. The molecule has 2 N–H and O–H groups in total. The van der Waals surface area contributed by atoms with Crippen LogP contribution in [0.2, 0.25) is 10.0 Å². The van der Waals surface area contributed by atoms with Crippen LogP contribution in [0.1, 0.15) is 11.1 Å². The second-order valence-corrected chi connectivity index (χ2v) is 15.2. The van der Waals surface area contributed by atoms with Gasteiger partial charge in [0.15, 0.2) is 34.8 Å². The number of methoxy groups -OCH3 is 2. The van der Waals surface area contributed by atoms with E-state index in [0.29, 0.717) is 74.9 Å². The summed E-state index contributed by atoms with van der Waals surface area (Å²) in [6, 6.07) is 35.2. The largest absolute Gasteiger partial charge is 0.491 e. The van der Waals surface area contributed by atoms with E-state index in [1.165, 1.54) is 6.07 Å². The van der Waals surface area contributed by atoms with Crippen molar-refractivity contribution in [1.29, 1.82) is 0 Å². The van der Waals surface area contributed by atoms with Crippen LogP contribution in [0.3, 0.4) is 0 Å². The highest BCUT2D eigenvalue weighted by atomic mass is 35.5. The number of nitrogens with one attached hydrogen (secondary N) is 2. The highest BCUT2D eigenvalue weighted by Crippen LogP contribution is 2.33. The number of hydrogen-bond donors (Lipinski definition) is 2. The molecule has 0 fully saturated rings. The Morgan fingerprint density at radius 3 is 1.54 bits per heavy atom. The molecular formula is C48H37Cl2FN12O2. The van der Waals surface area contributed by atoms with Gasteiger partial charge in [0.1, 0.15) is 17.2 Å². The predicted octanol–water partition coefficient (Wildman–Crippen LogP) is 10.8. The highest BCUT2D eigenvalue weighted by Gasteiger charge is 2.20. The number of anilines is 4. The van der Waals surface area contributed by atoms with E-state index in [-0.39, 0.29) is 5.82 Å². The van der Waals surface area contributed by atoms with Crippen LogP contribution in [0.25, 0.3) is 44.8 Å². The fraction of sp³-hybridized carbons (Fsp3) is 0.0833. The fourth-order valence-electron chi connectivity index (χ4n) is 7.02. The lowest BCUT2D eigenvalue weighted by atomic mass is 10.2. The second-order valence-electron chi connectivity index (χ2n) is 14.3. The molecule has 0 unspecified atom stereocenters. The van der Waals surface area contributed by atoms with Crippen molar-refractivity contribution in [2.45, 2.75) is 13.1 Å². The number of ether oxygens (including phenoxy) is 2. The van der Waals surface area contributed by atoms with Gasteiger partial charge >= 0.3 is 0 Å². The fourth-order valence-corrected chi connectivity index (χ4v) is 7.49. The standard InChI is InChI=1S/C24H18Cl2N6O.C24H19FN6O/c1-33-21-13-28-24(30-23(21)29-17-8-10-27-11-9-17)22-18-4-2-3-5-20(18)32(31-22)14-15-6-7-16(25)12-19(15)26;1-32-21-14-27-24(29-23(21)28-17-10-12-26-13-11-17)22-18-7-3-5-9-20(18)31(30-22)15-16-6-2-4-8-19(16)25/h2-13H,14H2,1H3,(H,27,28,29,30);2-14H,15H2,1H3,(H,26,27,28,29). The Hall–Kier alpha value is -8.01. The van der Waals surface area contributed by atoms with Gasteiger partial charge in [-0.2, -0.15) is 10.2 Å². The van der Waals surface area contributed by atoms with Gasteiger partial charge in [-0.25, -0.2) is 24.3 Å². The number of para-hydroxylation sites is 2. The van der Waals surface area contributed by atoms with Crippen LogP contribution in [0, 0.1) is 5.82 Å². The van der Waals surface area contributed by atoms with Crippen molar-refractivity contribution < 1.29 is 13.9 Å². The Balaban J connectivity index is 0.000000164. The Labute approximate surface area is 381 Å². The van der Waals surface area contributed by atoms with Crippen molar-refractivity contribution in [2.24, 2.45) is 0 Å². The summed E-state index contributed by atoms with van der Waals surface area (Å²) in [5.41, 5.74) is 6.21. The lowest BCUT2D eigenvalue weighted by molar-refractivity contribution is 0.413. The quantitative estimate of drug-likeness (QED) is 0.120. The summed E-state index contributed by atoms with van der Waals surface area (Å²) in [4.78, 5) is 26.5. The van der Waals surface area contributed by atoms with E-state index in [0.717, 1.165) is 38.7 Å². The molecule has 0 aliphatic rings. The zero-order valence-electron chi connectivity index (χ0n) is 34.8. The third-order valence-corrected chi connectivity index (χ3v) is 10.8. The van der Waals surface area contributed by atoms with Crippen LogP contribution < -0.4 is 20.1 Å². The maximum Gasteiger partial charge on any atom is 0.183 e. The molecule has 65 heavy (non-hydrogen) atoms. The molecule has 0 atom stereocenters. The molecule has 322 valence electrons. The number of halogens is 3. The number of pyridine rings is 2. The zero-order valence-corrected chi connectivity index (χ0v) is 36.3. The number of nitrogens with zero attached hydrogens (tertiary/aromatic N) is 10. The SMILES string of the molecule is COc1cnc(-c2nn(Cc3ccc(Cl)cc3Cl)c3ccccc23)nc1Nc1ccncc1.COc1cnc(-c2nn(Cc3ccccc3F)c3ccccc23)nc1Nc1ccncc1. The second kappa shape index (κ2) is 19.2. The first-order valence-electron chi connectivity index (χ1n) is 20.1. The van der Waals surface area contributed by atoms with Crippen LogP contribution in [-0.4, -0.2) is 63.7 Å². The Kier molecular flexibility index (Phi) is 12.5. The number of fused-ring (bicyclic) bond motifs is 2. The molecule has 4 aromatic carbocycles. The number of benzene rings is 4. The third kappa shape index (κ3) is 9.37. The van der Waals surface area contributed by atoms with Crippen LogP contribution in [0.4, 0.5) is 27.4 Å². The molecule has 0 aliphatic heterocycles. The molecule has 0 aliphatic carbocycles. The Morgan fingerprint density at radius 2 is 1.05 bits per heavy atom. The minimum Gasteiger partial charge on any atom is -0.491 e. The Bertz CT molecular complexity index is 3260. The molecule has 0 radical (unpaired) electrons. The molecule has 17 heteroatoms. The minimum absolute atomic E-state index is 0.266. The smallest absolute Gasteiger partial charge is 0.183 e. The van der Waals surface area contributed by atoms with E-state index < -0.39 is 0 Å². The predicted molar refractivity (Wildman–Crippen MR) is 251 cm³/mol. The number of rotatable bonds is 12. The summed E-state index contributed by atoms with van der Waals surface area (Å²) in [7, 11) is 3.14. The van der Waals surface area contributed by atoms with Gasteiger partial charge < -0.3 is 20.1 Å². The van der Waals surface area contributed by atoms with Crippen molar-refractivity contribution in [3.05, 3.63) is 179 Å². The molecule has 0 bridgehead atoms. The summed E-state index contributed by atoms with van der Waals surface area (Å²) in [6.07, 6.45) is 10.0. The van der Waals surface area contributed by atoms with E-state index in [1.807, 2.05) is 95.7 Å². The summed E-state index contributed by atoms with van der Waals surface area (Å²) >= 11 is 12.5. The minimum atomic E-state index is -0.266. The third-order valence-electron chi connectivity index (χ3n) is 10.2. The molecular weight excluding hydrogens is 867 g/mol.